The van der Waals surface area contributed by atoms with Crippen molar-refractivity contribution in [2.75, 3.05) is 13.1 Å². The van der Waals surface area contributed by atoms with Crippen molar-refractivity contribution in [3.8, 4) is 0 Å². The Labute approximate surface area is 136 Å². The van der Waals surface area contributed by atoms with Crippen molar-refractivity contribution in [1.29, 1.82) is 0 Å². The van der Waals surface area contributed by atoms with E-state index in [1.54, 1.807) is 6.07 Å². The predicted octanol–water partition coefficient (Wildman–Crippen LogP) is 5.33. The van der Waals surface area contributed by atoms with Gasteiger partial charge < -0.3 is 5.32 Å². The van der Waals surface area contributed by atoms with Gasteiger partial charge >= 0.3 is 0 Å². The van der Waals surface area contributed by atoms with Crippen LogP contribution in [-0.2, 0) is 6.42 Å². The van der Waals surface area contributed by atoms with Gasteiger partial charge in [-0.2, -0.15) is 0 Å². The Kier molecular flexibility index (Phi) is 6.24. The van der Waals surface area contributed by atoms with Gasteiger partial charge in [-0.3, -0.25) is 0 Å². The molecule has 2 rings (SSSR count). The van der Waals surface area contributed by atoms with Crippen molar-refractivity contribution < 1.29 is 4.39 Å². The minimum absolute atomic E-state index is 0.172. The first-order valence-electron chi connectivity index (χ1n) is 8.15. The molecule has 0 saturated heterocycles. The van der Waals surface area contributed by atoms with Gasteiger partial charge in [-0.15, -0.1) is 0 Å². The average Bonchev–Trinajstić information content (AvgIpc) is 2.43. The molecule has 1 aromatic carbocycles. The summed E-state index contributed by atoms with van der Waals surface area (Å²) < 4.78 is 14.0. The quantitative estimate of drug-likeness (QED) is 0.727. The van der Waals surface area contributed by atoms with Crippen LogP contribution in [0.25, 0.3) is 0 Å². The van der Waals surface area contributed by atoms with Gasteiger partial charge in [0, 0.05) is 6.54 Å². The standard InChI is InChI=1S/C18H27BrFN/c1-14(2)12-21-13-18(8-4-3-5-9-18)11-15-6-7-17(20)16(19)10-15/h6-7,10,14,21H,3-5,8-9,11-13H2,1-2H3. The number of nitrogens with one attached hydrogen (secondary N) is 1. The highest BCUT2D eigenvalue weighted by Crippen LogP contribution is 2.39. The van der Waals surface area contributed by atoms with Crippen LogP contribution >= 0.6 is 15.9 Å². The second-order valence-corrected chi connectivity index (χ2v) is 7.86. The minimum atomic E-state index is -0.172. The lowest BCUT2D eigenvalue weighted by molar-refractivity contribution is 0.179. The summed E-state index contributed by atoms with van der Waals surface area (Å²) in [6.07, 6.45) is 7.63. The summed E-state index contributed by atoms with van der Waals surface area (Å²) in [5.41, 5.74) is 1.60. The number of hydrogen-bond acceptors (Lipinski definition) is 1. The Morgan fingerprint density at radius 3 is 2.57 bits per heavy atom. The molecule has 1 saturated carbocycles. The van der Waals surface area contributed by atoms with Crippen LogP contribution in [-0.4, -0.2) is 13.1 Å². The summed E-state index contributed by atoms with van der Waals surface area (Å²) >= 11 is 3.31. The van der Waals surface area contributed by atoms with Gasteiger partial charge in [-0.25, -0.2) is 4.39 Å². The number of hydrogen-bond donors (Lipinski definition) is 1. The Hall–Kier alpha value is -0.410. The summed E-state index contributed by atoms with van der Waals surface area (Å²) in [6.45, 7) is 6.66. The molecule has 0 atom stereocenters. The van der Waals surface area contributed by atoms with E-state index in [0.29, 0.717) is 15.8 Å². The highest BCUT2D eigenvalue weighted by atomic mass is 79.9. The lowest BCUT2D eigenvalue weighted by Gasteiger charge is -2.38. The molecule has 1 aromatic rings. The third-order valence-electron chi connectivity index (χ3n) is 4.53. The zero-order valence-electron chi connectivity index (χ0n) is 13.2. The van der Waals surface area contributed by atoms with E-state index in [1.165, 1.54) is 37.7 Å². The summed E-state index contributed by atoms with van der Waals surface area (Å²) in [5, 5.41) is 3.66. The molecule has 1 aliphatic carbocycles. The largest absolute Gasteiger partial charge is 0.316 e. The number of rotatable bonds is 6. The first-order valence-corrected chi connectivity index (χ1v) is 8.95. The van der Waals surface area contributed by atoms with E-state index in [-0.39, 0.29) is 5.82 Å². The molecule has 0 bridgehead atoms. The topological polar surface area (TPSA) is 12.0 Å². The lowest BCUT2D eigenvalue weighted by atomic mass is 9.70. The molecular formula is C18H27BrFN. The second-order valence-electron chi connectivity index (χ2n) is 7.01. The number of halogens is 2. The van der Waals surface area contributed by atoms with Crippen molar-refractivity contribution in [3.63, 3.8) is 0 Å². The van der Waals surface area contributed by atoms with Gasteiger partial charge in [0.2, 0.25) is 0 Å². The molecule has 0 aliphatic heterocycles. The van der Waals surface area contributed by atoms with Crippen LogP contribution in [0, 0.1) is 17.2 Å². The number of benzene rings is 1. The zero-order chi connectivity index (χ0) is 15.3. The molecule has 1 N–H and O–H groups in total. The van der Waals surface area contributed by atoms with Gasteiger partial charge in [0.25, 0.3) is 0 Å². The SMILES string of the molecule is CC(C)CNCC1(Cc2ccc(F)c(Br)c2)CCCCC1. The fourth-order valence-corrected chi connectivity index (χ4v) is 3.85. The second kappa shape index (κ2) is 7.73. The normalized spacial score (nSPS) is 18.1. The van der Waals surface area contributed by atoms with Gasteiger partial charge in [0.1, 0.15) is 5.82 Å². The van der Waals surface area contributed by atoms with Crippen molar-refractivity contribution in [1.82, 2.24) is 5.32 Å². The average molecular weight is 356 g/mol. The molecule has 1 fully saturated rings. The molecule has 0 amide bonds. The zero-order valence-corrected chi connectivity index (χ0v) is 14.8. The van der Waals surface area contributed by atoms with E-state index >= 15 is 0 Å². The summed E-state index contributed by atoms with van der Waals surface area (Å²) in [7, 11) is 0. The van der Waals surface area contributed by atoms with Crippen LogP contribution in [0.15, 0.2) is 22.7 Å². The molecule has 1 nitrogen and oxygen atoms in total. The van der Waals surface area contributed by atoms with E-state index in [0.717, 1.165) is 19.5 Å². The van der Waals surface area contributed by atoms with E-state index < -0.39 is 0 Å². The van der Waals surface area contributed by atoms with Crippen molar-refractivity contribution in [3.05, 3.63) is 34.1 Å². The maximum atomic E-state index is 13.4. The summed E-state index contributed by atoms with van der Waals surface area (Å²) in [6, 6.07) is 5.48. The van der Waals surface area contributed by atoms with E-state index in [2.05, 4.69) is 35.1 Å². The first-order chi connectivity index (χ1) is 10.0. The molecular weight excluding hydrogens is 329 g/mol. The lowest BCUT2D eigenvalue weighted by Crippen LogP contribution is -2.39. The Morgan fingerprint density at radius 2 is 1.95 bits per heavy atom. The smallest absolute Gasteiger partial charge is 0.137 e. The van der Waals surface area contributed by atoms with Crippen molar-refractivity contribution in [2.24, 2.45) is 11.3 Å². The molecule has 0 heterocycles. The van der Waals surface area contributed by atoms with Crippen molar-refractivity contribution in [2.45, 2.75) is 52.4 Å². The molecule has 0 unspecified atom stereocenters. The maximum Gasteiger partial charge on any atom is 0.137 e. The highest BCUT2D eigenvalue weighted by Gasteiger charge is 2.32. The molecule has 0 radical (unpaired) electrons. The Morgan fingerprint density at radius 1 is 1.24 bits per heavy atom. The fraction of sp³-hybridized carbons (Fsp3) is 0.667. The Bertz CT molecular complexity index is 453. The molecule has 1 aliphatic rings. The molecule has 118 valence electrons. The van der Waals surface area contributed by atoms with Crippen LogP contribution in [0.2, 0.25) is 0 Å². The van der Waals surface area contributed by atoms with Gasteiger partial charge in [-0.1, -0.05) is 39.2 Å². The van der Waals surface area contributed by atoms with Crippen LogP contribution in [0.4, 0.5) is 4.39 Å². The first kappa shape index (κ1) is 17.0. The van der Waals surface area contributed by atoms with Crippen LogP contribution in [0.1, 0.15) is 51.5 Å². The maximum absolute atomic E-state index is 13.4. The molecule has 0 spiro atoms. The molecule has 3 heteroatoms. The van der Waals surface area contributed by atoms with Crippen LogP contribution < -0.4 is 5.32 Å². The minimum Gasteiger partial charge on any atom is -0.316 e. The fourth-order valence-electron chi connectivity index (χ4n) is 3.43. The molecule has 21 heavy (non-hydrogen) atoms. The third kappa shape index (κ3) is 5.07. The summed E-state index contributed by atoms with van der Waals surface area (Å²) in [4.78, 5) is 0. The highest BCUT2D eigenvalue weighted by molar-refractivity contribution is 9.10. The molecule has 0 aromatic heterocycles. The van der Waals surface area contributed by atoms with Crippen LogP contribution in [0.5, 0.6) is 0 Å². The van der Waals surface area contributed by atoms with E-state index in [4.69, 9.17) is 0 Å². The monoisotopic (exact) mass is 355 g/mol. The third-order valence-corrected chi connectivity index (χ3v) is 5.14. The van der Waals surface area contributed by atoms with E-state index in [9.17, 15) is 4.39 Å². The van der Waals surface area contributed by atoms with Gasteiger partial charge in [0.05, 0.1) is 4.47 Å². The predicted molar refractivity (Wildman–Crippen MR) is 91.0 cm³/mol. The summed E-state index contributed by atoms with van der Waals surface area (Å²) in [5.74, 6) is 0.514. The van der Waals surface area contributed by atoms with Crippen molar-refractivity contribution >= 4 is 15.9 Å². The van der Waals surface area contributed by atoms with E-state index in [1.807, 2.05) is 12.1 Å². The van der Waals surface area contributed by atoms with Gasteiger partial charge in [0.15, 0.2) is 0 Å². The Balaban J connectivity index is 2.05. The van der Waals surface area contributed by atoms with Crippen LogP contribution in [0.3, 0.4) is 0 Å². The van der Waals surface area contributed by atoms with Gasteiger partial charge in [-0.05, 0) is 70.8 Å².